The molecule has 1 aliphatic rings. The molecule has 1 aromatic rings. The molecule has 3 atom stereocenters. The molecule has 2 nitrogen and oxygen atoms in total. The smallest absolute Gasteiger partial charge is 0.0579 e. The van der Waals surface area contributed by atoms with Gasteiger partial charge in [-0.3, -0.25) is 0 Å². The highest BCUT2D eigenvalue weighted by Crippen LogP contribution is 2.34. The SMILES string of the molecule is Cc1cccc(NC2CCC(C)C2C)c1N. The van der Waals surface area contributed by atoms with Gasteiger partial charge in [-0.05, 0) is 43.2 Å². The number of hydrogen-bond acceptors (Lipinski definition) is 2. The number of benzene rings is 1. The van der Waals surface area contributed by atoms with Gasteiger partial charge in [-0.2, -0.15) is 0 Å². The van der Waals surface area contributed by atoms with Crippen molar-refractivity contribution < 1.29 is 0 Å². The number of anilines is 2. The molecule has 2 rings (SSSR count). The second-order valence-corrected chi connectivity index (χ2v) is 5.20. The molecule has 1 saturated carbocycles. The third-order valence-electron chi connectivity index (χ3n) is 4.13. The van der Waals surface area contributed by atoms with Crippen LogP contribution in [0.5, 0.6) is 0 Å². The summed E-state index contributed by atoms with van der Waals surface area (Å²) in [6.07, 6.45) is 2.58. The Kier molecular flexibility index (Phi) is 3.08. The van der Waals surface area contributed by atoms with Gasteiger partial charge in [0.25, 0.3) is 0 Å². The Hall–Kier alpha value is -1.18. The van der Waals surface area contributed by atoms with Gasteiger partial charge in [-0.15, -0.1) is 0 Å². The summed E-state index contributed by atoms with van der Waals surface area (Å²) >= 11 is 0. The van der Waals surface area contributed by atoms with E-state index in [2.05, 4.69) is 44.3 Å². The number of hydrogen-bond donors (Lipinski definition) is 2. The number of para-hydroxylation sites is 1. The van der Waals surface area contributed by atoms with Crippen LogP contribution in [0.4, 0.5) is 11.4 Å². The van der Waals surface area contributed by atoms with Crippen LogP contribution in [-0.4, -0.2) is 6.04 Å². The number of aryl methyl sites for hydroxylation is 1. The van der Waals surface area contributed by atoms with Gasteiger partial charge in [0, 0.05) is 6.04 Å². The molecule has 0 radical (unpaired) electrons. The fourth-order valence-electron chi connectivity index (χ4n) is 2.57. The Morgan fingerprint density at radius 3 is 2.62 bits per heavy atom. The number of nitrogens with two attached hydrogens (primary N) is 1. The summed E-state index contributed by atoms with van der Waals surface area (Å²) in [5.41, 5.74) is 9.23. The second kappa shape index (κ2) is 4.36. The standard InChI is InChI=1S/C14H22N2/c1-9-7-8-12(11(9)3)16-13-6-4-5-10(2)14(13)15/h4-6,9,11-12,16H,7-8,15H2,1-3H3. The molecule has 0 amide bonds. The summed E-state index contributed by atoms with van der Waals surface area (Å²) in [5.74, 6) is 1.56. The normalized spacial score (nSPS) is 29.3. The first kappa shape index (κ1) is 11.3. The maximum atomic E-state index is 6.08. The zero-order chi connectivity index (χ0) is 11.7. The quantitative estimate of drug-likeness (QED) is 0.746. The van der Waals surface area contributed by atoms with E-state index in [1.807, 2.05) is 0 Å². The maximum Gasteiger partial charge on any atom is 0.0579 e. The van der Waals surface area contributed by atoms with E-state index in [0.29, 0.717) is 6.04 Å². The highest BCUT2D eigenvalue weighted by molar-refractivity contribution is 5.69. The lowest BCUT2D eigenvalue weighted by Gasteiger charge is -2.22. The van der Waals surface area contributed by atoms with Crippen molar-refractivity contribution in [2.75, 3.05) is 11.1 Å². The minimum atomic E-state index is 0.582. The van der Waals surface area contributed by atoms with Gasteiger partial charge < -0.3 is 11.1 Å². The largest absolute Gasteiger partial charge is 0.397 e. The molecule has 1 aromatic carbocycles. The van der Waals surface area contributed by atoms with Crippen LogP contribution in [0.2, 0.25) is 0 Å². The van der Waals surface area contributed by atoms with Crippen LogP contribution >= 0.6 is 0 Å². The zero-order valence-corrected chi connectivity index (χ0v) is 10.5. The van der Waals surface area contributed by atoms with Crippen molar-refractivity contribution in [3.05, 3.63) is 23.8 Å². The van der Waals surface area contributed by atoms with Crippen LogP contribution in [-0.2, 0) is 0 Å². The Labute approximate surface area is 98.2 Å². The summed E-state index contributed by atoms with van der Waals surface area (Å²) in [4.78, 5) is 0. The summed E-state index contributed by atoms with van der Waals surface area (Å²) in [6, 6.07) is 6.79. The lowest BCUT2D eigenvalue weighted by Crippen LogP contribution is -2.24. The van der Waals surface area contributed by atoms with Gasteiger partial charge in [-0.1, -0.05) is 26.0 Å². The van der Waals surface area contributed by atoms with Crippen molar-refractivity contribution in [3.8, 4) is 0 Å². The van der Waals surface area contributed by atoms with Crippen LogP contribution in [0.3, 0.4) is 0 Å². The van der Waals surface area contributed by atoms with Gasteiger partial charge in [-0.25, -0.2) is 0 Å². The summed E-state index contributed by atoms with van der Waals surface area (Å²) < 4.78 is 0. The van der Waals surface area contributed by atoms with Gasteiger partial charge in [0.05, 0.1) is 11.4 Å². The Balaban J connectivity index is 2.12. The molecule has 0 aliphatic heterocycles. The molecule has 0 heterocycles. The van der Waals surface area contributed by atoms with Crippen LogP contribution < -0.4 is 11.1 Å². The van der Waals surface area contributed by atoms with Crippen LogP contribution in [0, 0.1) is 18.8 Å². The van der Waals surface area contributed by atoms with Crippen molar-refractivity contribution in [1.29, 1.82) is 0 Å². The Morgan fingerprint density at radius 1 is 1.25 bits per heavy atom. The Bertz CT molecular complexity index is 373. The number of rotatable bonds is 2. The zero-order valence-electron chi connectivity index (χ0n) is 10.5. The van der Waals surface area contributed by atoms with E-state index in [-0.39, 0.29) is 0 Å². The minimum Gasteiger partial charge on any atom is -0.397 e. The molecule has 3 unspecified atom stereocenters. The third-order valence-corrected chi connectivity index (χ3v) is 4.13. The van der Waals surface area contributed by atoms with E-state index in [1.54, 1.807) is 0 Å². The fraction of sp³-hybridized carbons (Fsp3) is 0.571. The molecule has 0 spiro atoms. The predicted molar refractivity (Wildman–Crippen MR) is 70.6 cm³/mol. The van der Waals surface area contributed by atoms with Crippen molar-refractivity contribution in [1.82, 2.24) is 0 Å². The summed E-state index contributed by atoms with van der Waals surface area (Å²) in [7, 11) is 0. The third kappa shape index (κ3) is 2.01. The topological polar surface area (TPSA) is 38.0 Å². The fourth-order valence-corrected chi connectivity index (χ4v) is 2.57. The van der Waals surface area contributed by atoms with Gasteiger partial charge >= 0.3 is 0 Å². The molecule has 88 valence electrons. The Morgan fingerprint density at radius 2 is 2.00 bits per heavy atom. The predicted octanol–water partition coefficient (Wildman–Crippen LogP) is 3.42. The first-order chi connectivity index (χ1) is 7.59. The molecular formula is C14H22N2. The molecule has 1 aliphatic carbocycles. The van der Waals surface area contributed by atoms with E-state index >= 15 is 0 Å². The minimum absolute atomic E-state index is 0.582. The molecule has 2 heteroatoms. The number of nitrogens with one attached hydrogen (secondary N) is 1. The molecule has 0 bridgehead atoms. The van der Waals surface area contributed by atoms with E-state index in [9.17, 15) is 0 Å². The van der Waals surface area contributed by atoms with Crippen molar-refractivity contribution in [2.24, 2.45) is 11.8 Å². The van der Waals surface area contributed by atoms with Crippen LogP contribution in [0.1, 0.15) is 32.3 Å². The van der Waals surface area contributed by atoms with Crippen LogP contribution in [0.15, 0.2) is 18.2 Å². The van der Waals surface area contributed by atoms with Crippen molar-refractivity contribution in [3.63, 3.8) is 0 Å². The first-order valence-electron chi connectivity index (χ1n) is 6.21. The van der Waals surface area contributed by atoms with Crippen molar-refractivity contribution >= 4 is 11.4 Å². The molecule has 3 N–H and O–H groups in total. The lowest BCUT2D eigenvalue weighted by atomic mass is 9.97. The second-order valence-electron chi connectivity index (χ2n) is 5.20. The van der Waals surface area contributed by atoms with E-state index in [1.165, 1.54) is 12.8 Å². The average molecular weight is 218 g/mol. The lowest BCUT2D eigenvalue weighted by molar-refractivity contribution is 0.435. The number of nitrogen functional groups attached to an aromatic ring is 1. The maximum absolute atomic E-state index is 6.08. The van der Waals surface area contributed by atoms with Crippen LogP contribution in [0.25, 0.3) is 0 Å². The molecular weight excluding hydrogens is 196 g/mol. The molecule has 1 fully saturated rings. The summed E-state index contributed by atoms with van der Waals surface area (Å²) in [6.45, 7) is 6.73. The van der Waals surface area contributed by atoms with Gasteiger partial charge in [0.2, 0.25) is 0 Å². The molecule has 0 aromatic heterocycles. The first-order valence-corrected chi connectivity index (χ1v) is 6.21. The highest BCUT2D eigenvalue weighted by Gasteiger charge is 2.29. The van der Waals surface area contributed by atoms with Crippen molar-refractivity contribution in [2.45, 2.75) is 39.7 Å². The molecule has 16 heavy (non-hydrogen) atoms. The van der Waals surface area contributed by atoms with E-state index in [4.69, 9.17) is 5.73 Å². The van der Waals surface area contributed by atoms with E-state index in [0.717, 1.165) is 28.8 Å². The average Bonchev–Trinajstić information content (AvgIpc) is 2.57. The highest BCUT2D eigenvalue weighted by atomic mass is 15.0. The summed E-state index contributed by atoms with van der Waals surface area (Å²) in [5, 5.41) is 3.61. The van der Waals surface area contributed by atoms with Gasteiger partial charge in [0.15, 0.2) is 0 Å². The monoisotopic (exact) mass is 218 g/mol. The molecule has 0 saturated heterocycles. The van der Waals surface area contributed by atoms with Gasteiger partial charge in [0.1, 0.15) is 0 Å². The van der Waals surface area contributed by atoms with E-state index < -0.39 is 0 Å².